The smallest absolute Gasteiger partial charge is 0.315 e. The van der Waals surface area contributed by atoms with Crippen LogP contribution in [0.5, 0.6) is 0 Å². The second-order valence-corrected chi connectivity index (χ2v) is 6.77. The van der Waals surface area contributed by atoms with Gasteiger partial charge < -0.3 is 15.5 Å². The Kier molecular flexibility index (Phi) is 4.55. The summed E-state index contributed by atoms with van der Waals surface area (Å²) in [6, 6.07) is 6.08. The summed E-state index contributed by atoms with van der Waals surface area (Å²) in [6.45, 7) is 4.65. The molecule has 23 heavy (non-hydrogen) atoms. The third-order valence-electron chi connectivity index (χ3n) is 4.95. The summed E-state index contributed by atoms with van der Waals surface area (Å²) in [5.41, 5.74) is 3.30. The number of anilines is 1. The lowest BCUT2D eigenvalue weighted by molar-refractivity contribution is -0.117. The van der Waals surface area contributed by atoms with Gasteiger partial charge in [-0.25, -0.2) is 4.79 Å². The zero-order chi connectivity index (χ0) is 16.4. The second kappa shape index (κ2) is 6.60. The van der Waals surface area contributed by atoms with Crippen LogP contribution in [0.15, 0.2) is 18.2 Å². The Hall–Kier alpha value is -2.04. The molecule has 124 valence electrons. The molecule has 1 aromatic carbocycles. The lowest BCUT2D eigenvalue weighted by atomic mass is 10.1. The fourth-order valence-electron chi connectivity index (χ4n) is 3.43. The number of amides is 3. The van der Waals surface area contributed by atoms with Crippen molar-refractivity contribution in [2.24, 2.45) is 0 Å². The van der Waals surface area contributed by atoms with E-state index in [1.165, 1.54) is 24.0 Å². The van der Waals surface area contributed by atoms with Crippen molar-refractivity contribution in [3.63, 3.8) is 0 Å². The summed E-state index contributed by atoms with van der Waals surface area (Å²) in [5.74, 6) is 0.0689. The quantitative estimate of drug-likeness (QED) is 0.901. The summed E-state index contributed by atoms with van der Waals surface area (Å²) in [4.78, 5) is 26.1. The van der Waals surface area contributed by atoms with Crippen molar-refractivity contribution >= 4 is 17.6 Å². The van der Waals surface area contributed by atoms with Crippen LogP contribution in [0.1, 0.15) is 43.2 Å². The summed E-state index contributed by atoms with van der Waals surface area (Å²) in [7, 11) is 0. The maximum absolute atomic E-state index is 12.3. The van der Waals surface area contributed by atoms with Gasteiger partial charge in [0.2, 0.25) is 5.91 Å². The van der Waals surface area contributed by atoms with Gasteiger partial charge in [-0.1, -0.05) is 18.9 Å². The van der Waals surface area contributed by atoms with Gasteiger partial charge in [0.25, 0.3) is 0 Å². The maximum Gasteiger partial charge on any atom is 0.315 e. The Balaban J connectivity index is 1.58. The molecule has 0 aromatic heterocycles. The molecule has 2 aliphatic rings. The van der Waals surface area contributed by atoms with Gasteiger partial charge >= 0.3 is 6.03 Å². The fourth-order valence-corrected chi connectivity index (χ4v) is 3.43. The molecule has 1 aromatic rings. The van der Waals surface area contributed by atoms with Crippen molar-refractivity contribution in [2.45, 2.75) is 58.0 Å². The van der Waals surface area contributed by atoms with Crippen LogP contribution >= 0.6 is 0 Å². The van der Waals surface area contributed by atoms with E-state index >= 15 is 0 Å². The third kappa shape index (κ3) is 3.66. The first kappa shape index (κ1) is 15.8. The minimum atomic E-state index is -0.142. The van der Waals surface area contributed by atoms with Gasteiger partial charge in [-0.3, -0.25) is 4.79 Å². The molecule has 5 heteroatoms. The van der Waals surface area contributed by atoms with Gasteiger partial charge in [-0.15, -0.1) is 0 Å². The molecular formula is C18H25N3O2. The molecule has 1 aliphatic heterocycles. The molecule has 1 atom stereocenters. The molecule has 1 saturated heterocycles. The predicted molar refractivity (Wildman–Crippen MR) is 90.6 cm³/mol. The molecule has 1 saturated carbocycles. The summed E-state index contributed by atoms with van der Waals surface area (Å²) >= 11 is 0. The largest absolute Gasteiger partial charge is 0.335 e. The van der Waals surface area contributed by atoms with E-state index in [1.807, 2.05) is 25.1 Å². The van der Waals surface area contributed by atoms with Crippen LogP contribution in [0.3, 0.4) is 0 Å². The van der Waals surface area contributed by atoms with E-state index in [4.69, 9.17) is 0 Å². The van der Waals surface area contributed by atoms with E-state index in [2.05, 4.69) is 17.6 Å². The van der Waals surface area contributed by atoms with Crippen LogP contribution in [-0.4, -0.2) is 30.6 Å². The monoisotopic (exact) mass is 315 g/mol. The Morgan fingerprint density at radius 2 is 1.78 bits per heavy atom. The number of carbonyl (C=O) groups is 2. The maximum atomic E-state index is 12.3. The van der Waals surface area contributed by atoms with E-state index in [-0.39, 0.29) is 18.0 Å². The fraction of sp³-hybridized carbons (Fsp3) is 0.556. The number of hydrogen-bond acceptors (Lipinski definition) is 2. The SMILES string of the molecule is Cc1ccc(N2CC(NC(=O)NC3CCCC3)CC2=O)cc1C. The van der Waals surface area contributed by atoms with E-state index in [0.717, 1.165) is 18.5 Å². The van der Waals surface area contributed by atoms with Crippen molar-refractivity contribution in [3.05, 3.63) is 29.3 Å². The van der Waals surface area contributed by atoms with Crippen molar-refractivity contribution in [1.29, 1.82) is 0 Å². The molecule has 3 rings (SSSR count). The van der Waals surface area contributed by atoms with Crippen LogP contribution in [0.2, 0.25) is 0 Å². The van der Waals surface area contributed by atoms with E-state index in [1.54, 1.807) is 4.90 Å². The zero-order valence-corrected chi connectivity index (χ0v) is 13.9. The molecule has 2 N–H and O–H groups in total. The number of hydrogen-bond donors (Lipinski definition) is 2. The minimum absolute atomic E-state index is 0.0689. The Bertz CT molecular complexity index is 608. The first-order valence-corrected chi connectivity index (χ1v) is 8.47. The van der Waals surface area contributed by atoms with Gasteiger partial charge in [0, 0.05) is 24.7 Å². The number of carbonyl (C=O) groups excluding carboxylic acids is 2. The molecule has 1 unspecified atom stereocenters. The highest BCUT2D eigenvalue weighted by Crippen LogP contribution is 2.24. The van der Waals surface area contributed by atoms with Crippen LogP contribution in [0, 0.1) is 13.8 Å². The van der Waals surface area contributed by atoms with Gasteiger partial charge in [-0.05, 0) is 49.9 Å². The summed E-state index contributed by atoms with van der Waals surface area (Å²) in [6.07, 6.45) is 4.86. The van der Waals surface area contributed by atoms with Gasteiger partial charge in [-0.2, -0.15) is 0 Å². The highest BCUT2D eigenvalue weighted by atomic mass is 16.2. The Morgan fingerprint density at radius 3 is 2.48 bits per heavy atom. The first-order valence-electron chi connectivity index (χ1n) is 8.47. The van der Waals surface area contributed by atoms with Gasteiger partial charge in [0.05, 0.1) is 6.04 Å². The summed E-state index contributed by atoms with van der Waals surface area (Å²) in [5, 5.41) is 5.96. The van der Waals surface area contributed by atoms with Gasteiger partial charge in [0.15, 0.2) is 0 Å². The lowest BCUT2D eigenvalue weighted by Gasteiger charge is -2.19. The number of nitrogens with one attached hydrogen (secondary N) is 2. The van der Waals surface area contributed by atoms with Crippen molar-refractivity contribution in [2.75, 3.05) is 11.4 Å². The molecule has 2 fully saturated rings. The number of benzene rings is 1. The van der Waals surface area contributed by atoms with Crippen LogP contribution < -0.4 is 15.5 Å². The molecular weight excluding hydrogens is 290 g/mol. The van der Waals surface area contributed by atoms with E-state index in [9.17, 15) is 9.59 Å². The Morgan fingerprint density at radius 1 is 1.09 bits per heavy atom. The lowest BCUT2D eigenvalue weighted by Crippen LogP contribution is -2.46. The summed E-state index contributed by atoms with van der Waals surface area (Å²) < 4.78 is 0. The topological polar surface area (TPSA) is 61.4 Å². The predicted octanol–water partition coefficient (Wildman–Crippen LogP) is 2.65. The molecule has 3 amide bonds. The number of rotatable bonds is 3. The average Bonchev–Trinajstić information content (AvgIpc) is 3.12. The molecule has 1 aliphatic carbocycles. The van der Waals surface area contributed by atoms with Gasteiger partial charge in [0.1, 0.15) is 0 Å². The molecule has 0 spiro atoms. The standard InChI is InChI=1S/C18H25N3O2/c1-12-7-8-16(9-13(12)2)21-11-15(10-17(21)22)20-18(23)19-14-5-3-4-6-14/h7-9,14-15H,3-6,10-11H2,1-2H3,(H2,19,20,23). The minimum Gasteiger partial charge on any atom is -0.335 e. The number of aryl methyl sites for hydroxylation is 2. The third-order valence-corrected chi connectivity index (χ3v) is 4.95. The highest BCUT2D eigenvalue weighted by molar-refractivity contribution is 5.96. The van der Waals surface area contributed by atoms with Crippen LogP contribution in [0.4, 0.5) is 10.5 Å². The molecule has 0 bridgehead atoms. The Labute approximate surface area is 137 Å². The van der Waals surface area contributed by atoms with Crippen molar-refractivity contribution in [3.8, 4) is 0 Å². The van der Waals surface area contributed by atoms with Crippen molar-refractivity contribution < 1.29 is 9.59 Å². The van der Waals surface area contributed by atoms with E-state index < -0.39 is 0 Å². The van der Waals surface area contributed by atoms with Crippen LogP contribution in [-0.2, 0) is 4.79 Å². The molecule has 1 heterocycles. The van der Waals surface area contributed by atoms with Crippen molar-refractivity contribution in [1.82, 2.24) is 10.6 Å². The average molecular weight is 315 g/mol. The normalized spacial score (nSPS) is 21.7. The second-order valence-electron chi connectivity index (χ2n) is 6.77. The molecule has 5 nitrogen and oxygen atoms in total. The zero-order valence-electron chi connectivity index (χ0n) is 13.9. The highest BCUT2D eigenvalue weighted by Gasteiger charge is 2.32. The van der Waals surface area contributed by atoms with Crippen LogP contribution in [0.25, 0.3) is 0 Å². The first-order chi connectivity index (χ1) is 11.0. The number of urea groups is 1. The number of nitrogens with zero attached hydrogens (tertiary/aromatic N) is 1. The van der Waals surface area contributed by atoms with E-state index in [0.29, 0.717) is 19.0 Å². The molecule has 0 radical (unpaired) electrons.